The van der Waals surface area contributed by atoms with Crippen LogP contribution in [0.15, 0.2) is 28.9 Å². The molecule has 2 aromatic heterocycles. The maximum atomic E-state index is 13.6. The molecule has 142 valence electrons. The first-order valence-electron chi connectivity index (χ1n) is 9.19. The van der Waals surface area contributed by atoms with Crippen molar-refractivity contribution < 1.29 is 13.3 Å². The highest BCUT2D eigenvalue weighted by Crippen LogP contribution is 2.37. The van der Waals surface area contributed by atoms with Crippen molar-refractivity contribution in [2.45, 2.75) is 45.7 Å². The predicted octanol–water partition coefficient (Wildman–Crippen LogP) is 4.69. The van der Waals surface area contributed by atoms with Crippen molar-refractivity contribution in [3.05, 3.63) is 58.5 Å². The van der Waals surface area contributed by atoms with E-state index < -0.39 is 11.6 Å². The lowest BCUT2D eigenvalue weighted by Crippen LogP contribution is -2.33. The number of hydrogen-bond acceptors (Lipinski definition) is 4. The van der Waals surface area contributed by atoms with Gasteiger partial charge in [0.2, 0.25) is 0 Å². The van der Waals surface area contributed by atoms with Crippen molar-refractivity contribution >= 4 is 0 Å². The molecule has 5 nitrogen and oxygen atoms in total. The summed E-state index contributed by atoms with van der Waals surface area (Å²) in [5, 5.41) is 11.4. The van der Waals surface area contributed by atoms with Crippen molar-refractivity contribution in [1.29, 1.82) is 0 Å². The lowest BCUT2D eigenvalue weighted by Gasteiger charge is -2.35. The van der Waals surface area contributed by atoms with E-state index in [0.29, 0.717) is 6.54 Å². The van der Waals surface area contributed by atoms with Crippen LogP contribution in [0.2, 0.25) is 0 Å². The third-order valence-corrected chi connectivity index (χ3v) is 5.39. The van der Waals surface area contributed by atoms with E-state index in [9.17, 15) is 8.78 Å². The molecule has 7 heteroatoms. The summed E-state index contributed by atoms with van der Waals surface area (Å²) in [5.74, 6) is -0.897. The van der Waals surface area contributed by atoms with Crippen LogP contribution < -0.4 is 0 Å². The van der Waals surface area contributed by atoms with Gasteiger partial charge in [-0.25, -0.2) is 8.78 Å². The zero-order chi connectivity index (χ0) is 19.0. The molecule has 0 saturated carbocycles. The zero-order valence-electron chi connectivity index (χ0n) is 15.4. The Morgan fingerprint density at radius 2 is 2.07 bits per heavy atom. The van der Waals surface area contributed by atoms with Gasteiger partial charge in [-0.2, -0.15) is 5.10 Å². The Bertz CT molecular complexity index is 949. The normalized spacial score (nSPS) is 18.1. The van der Waals surface area contributed by atoms with E-state index in [4.69, 9.17) is 4.52 Å². The highest BCUT2D eigenvalue weighted by Gasteiger charge is 2.29. The van der Waals surface area contributed by atoms with Gasteiger partial charge in [-0.15, -0.1) is 0 Å². The molecule has 1 atom stereocenters. The molecule has 1 aromatic carbocycles. The third kappa shape index (κ3) is 3.39. The van der Waals surface area contributed by atoms with Crippen LogP contribution in [0, 0.1) is 25.5 Å². The van der Waals surface area contributed by atoms with Gasteiger partial charge in [-0.05, 0) is 50.9 Å². The summed E-state index contributed by atoms with van der Waals surface area (Å²) in [6.07, 6.45) is 4.91. The van der Waals surface area contributed by atoms with Gasteiger partial charge in [0.05, 0.1) is 29.2 Å². The highest BCUT2D eigenvalue weighted by atomic mass is 19.2. The molecule has 0 radical (unpaired) electrons. The molecule has 3 heterocycles. The maximum absolute atomic E-state index is 13.6. The molecule has 1 aliphatic rings. The van der Waals surface area contributed by atoms with Gasteiger partial charge in [0.15, 0.2) is 17.4 Å². The minimum absolute atomic E-state index is 0.106. The number of rotatable bonds is 4. The van der Waals surface area contributed by atoms with Crippen LogP contribution >= 0.6 is 0 Å². The van der Waals surface area contributed by atoms with Gasteiger partial charge >= 0.3 is 0 Å². The first kappa shape index (κ1) is 17.9. The zero-order valence-corrected chi connectivity index (χ0v) is 15.4. The summed E-state index contributed by atoms with van der Waals surface area (Å²) in [7, 11) is 0. The Kier molecular flexibility index (Phi) is 4.78. The topological polar surface area (TPSA) is 58.0 Å². The summed E-state index contributed by atoms with van der Waals surface area (Å²) in [6, 6.07) is 4.21. The van der Waals surface area contributed by atoms with E-state index in [1.54, 1.807) is 12.3 Å². The average molecular weight is 372 g/mol. The molecule has 0 bridgehead atoms. The average Bonchev–Trinajstić information content (AvgIpc) is 3.26. The maximum Gasteiger partial charge on any atom is 0.173 e. The van der Waals surface area contributed by atoms with Crippen molar-refractivity contribution in [1.82, 2.24) is 20.3 Å². The van der Waals surface area contributed by atoms with E-state index >= 15 is 0 Å². The minimum atomic E-state index is -0.819. The predicted molar refractivity (Wildman–Crippen MR) is 96.9 cm³/mol. The van der Waals surface area contributed by atoms with Crippen LogP contribution in [0.25, 0.3) is 11.3 Å². The summed E-state index contributed by atoms with van der Waals surface area (Å²) < 4.78 is 32.4. The molecule has 1 saturated heterocycles. The summed E-state index contributed by atoms with van der Waals surface area (Å²) in [4.78, 5) is 2.28. The minimum Gasteiger partial charge on any atom is -0.356 e. The number of aryl methyl sites for hydroxylation is 1. The van der Waals surface area contributed by atoms with E-state index in [-0.39, 0.29) is 6.04 Å². The number of hydrogen-bond donors (Lipinski definition) is 1. The van der Waals surface area contributed by atoms with Crippen LogP contribution in [0.1, 0.15) is 47.8 Å². The Morgan fingerprint density at radius 1 is 1.22 bits per heavy atom. The Balaban J connectivity index is 1.64. The molecule has 0 amide bonds. The number of benzene rings is 1. The molecule has 1 aliphatic heterocycles. The van der Waals surface area contributed by atoms with Crippen LogP contribution in [-0.4, -0.2) is 26.8 Å². The van der Waals surface area contributed by atoms with Gasteiger partial charge in [0, 0.05) is 12.1 Å². The van der Waals surface area contributed by atoms with Crippen molar-refractivity contribution in [2.75, 3.05) is 6.54 Å². The number of aromatic nitrogens is 3. The van der Waals surface area contributed by atoms with Gasteiger partial charge in [-0.1, -0.05) is 17.6 Å². The molecular formula is C20H22F2N4O. The quantitative estimate of drug-likeness (QED) is 0.722. The summed E-state index contributed by atoms with van der Waals surface area (Å²) >= 11 is 0. The molecule has 3 aromatic rings. The van der Waals surface area contributed by atoms with Gasteiger partial charge in [0.25, 0.3) is 0 Å². The van der Waals surface area contributed by atoms with E-state index in [1.165, 1.54) is 12.1 Å². The van der Waals surface area contributed by atoms with Crippen molar-refractivity contribution in [3.8, 4) is 11.3 Å². The van der Waals surface area contributed by atoms with Gasteiger partial charge in [0.1, 0.15) is 0 Å². The van der Waals surface area contributed by atoms with E-state index in [1.807, 2.05) is 13.8 Å². The van der Waals surface area contributed by atoms with Crippen LogP contribution in [0.4, 0.5) is 8.78 Å². The fraction of sp³-hybridized carbons (Fsp3) is 0.400. The SMILES string of the molecule is Cc1noc(-c2cn[nH]c2[C@@H]2CCCCN2Cc2ccc(F)c(F)c2)c1C. The smallest absolute Gasteiger partial charge is 0.173 e. The Hall–Kier alpha value is -2.54. The second kappa shape index (κ2) is 7.23. The summed E-state index contributed by atoms with van der Waals surface area (Å²) in [6.45, 7) is 5.33. The van der Waals surface area contributed by atoms with Crippen LogP contribution in [0.3, 0.4) is 0 Å². The Morgan fingerprint density at radius 3 is 2.81 bits per heavy atom. The first-order valence-corrected chi connectivity index (χ1v) is 9.19. The van der Waals surface area contributed by atoms with Crippen LogP contribution in [-0.2, 0) is 6.54 Å². The summed E-state index contributed by atoms with van der Waals surface area (Å²) in [5.41, 5.74) is 4.51. The molecule has 27 heavy (non-hydrogen) atoms. The van der Waals surface area contributed by atoms with Crippen LogP contribution in [0.5, 0.6) is 0 Å². The number of halogens is 2. The standard InChI is InChI=1S/C20H22F2N4O/c1-12-13(2)25-27-20(12)15-10-23-24-19(15)18-5-3-4-8-26(18)11-14-6-7-16(21)17(22)9-14/h6-7,9-10,18H,3-5,8,11H2,1-2H3,(H,23,24)/t18-/m0/s1. The fourth-order valence-electron chi connectivity index (χ4n) is 3.78. The lowest BCUT2D eigenvalue weighted by atomic mass is 9.95. The van der Waals surface area contributed by atoms with Gasteiger partial charge < -0.3 is 4.52 Å². The monoisotopic (exact) mass is 372 g/mol. The van der Waals surface area contributed by atoms with Gasteiger partial charge in [-0.3, -0.25) is 10.00 Å². The number of piperidine rings is 1. The lowest BCUT2D eigenvalue weighted by molar-refractivity contribution is 0.137. The third-order valence-electron chi connectivity index (χ3n) is 5.39. The molecule has 4 rings (SSSR count). The van der Waals surface area contributed by atoms with E-state index in [0.717, 1.165) is 59.6 Å². The first-order chi connectivity index (χ1) is 13.0. The van der Waals surface area contributed by atoms with Crippen molar-refractivity contribution in [2.24, 2.45) is 0 Å². The number of nitrogens with zero attached hydrogens (tertiary/aromatic N) is 3. The number of likely N-dealkylation sites (tertiary alicyclic amines) is 1. The highest BCUT2D eigenvalue weighted by molar-refractivity contribution is 5.64. The second-order valence-corrected chi connectivity index (χ2v) is 7.15. The second-order valence-electron chi connectivity index (χ2n) is 7.15. The molecule has 1 fully saturated rings. The molecule has 0 aliphatic carbocycles. The number of nitrogens with one attached hydrogen (secondary N) is 1. The molecule has 0 spiro atoms. The molecule has 0 unspecified atom stereocenters. The van der Waals surface area contributed by atoms with Crippen molar-refractivity contribution in [3.63, 3.8) is 0 Å². The number of aromatic amines is 1. The van der Waals surface area contributed by atoms with E-state index in [2.05, 4.69) is 20.3 Å². The number of H-pyrrole nitrogens is 1. The Labute approximate surface area is 156 Å². The molecule has 1 N–H and O–H groups in total. The fourth-order valence-corrected chi connectivity index (χ4v) is 3.78. The largest absolute Gasteiger partial charge is 0.356 e. The molecular weight excluding hydrogens is 350 g/mol.